The average molecular weight is 340 g/mol. The molecule has 0 aliphatic rings. The Hall–Kier alpha value is -0.670. The molecule has 0 saturated heterocycles. The number of hydrogen-bond donors (Lipinski definition) is 0. The van der Waals surface area contributed by atoms with Gasteiger partial charge in [0.25, 0.3) is 0 Å². The molecule has 0 amide bonds. The number of halogens is 1. The summed E-state index contributed by atoms with van der Waals surface area (Å²) in [7, 11) is 0. The van der Waals surface area contributed by atoms with Gasteiger partial charge in [-0.15, -0.1) is 6.58 Å². The van der Waals surface area contributed by atoms with Crippen molar-refractivity contribution in [3.63, 3.8) is 0 Å². The Morgan fingerprint density at radius 3 is 2.59 bits per heavy atom. The van der Waals surface area contributed by atoms with Gasteiger partial charge >= 0.3 is 0 Å². The minimum Gasteiger partial charge on any atom is -0.103 e. The molecule has 1 heteroatoms. The van der Waals surface area contributed by atoms with E-state index in [2.05, 4.69) is 58.9 Å². The molecule has 0 rings (SSSR count). The van der Waals surface area contributed by atoms with E-state index >= 15 is 0 Å². The second-order valence-corrected chi connectivity index (χ2v) is 4.77. The highest BCUT2D eigenvalue weighted by Crippen LogP contribution is 2.03. The summed E-state index contributed by atoms with van der Waals surface area (Å²) in [5.74, 6) is 11.7. The molecule has 0 spiro atoms. The molecule has 0 atom stereocenters. The lowest BCUT2D eigenvalue weighted by Crippen LogP contribution is -1.77. The SMILES string of the molecule is C=CCC/C=C/C#CC#CCCCCCCI. The number of hydrogen-bond acceptors (Lipinski definition) is 0. The minimum atomic E-state index is 0.982. The van der Waals surface area contributed by atoms with E-state index in [-0.39, 0.29) is 0 Å². The molecule has 0 N–H and O–H groups in total. The molecular weight excluding hydrogens is 319 g/mol. The Labute approximate surface area is 120 Å². The van der Waals surface area contributed by atoms with E-state index < -0.39 is 0 Å². The van der Waals surface area contributed by atoms with Gasteiger partial charge in [0.2, 0.25) is 0 Å². The average Bonchev–Trinajstić information content (AvgIpc) is 2.35. The molecule has 0 aliphatic heterocycles. The van der Waals surface area contributed by atoms with E-state index in [0.717, 1.165) is 19.3 Å². The molecular formula is C16H21I. The van der Waals surface area contributed by atoms with Crippen molar-refractivity contribution in [3.8, 4) is 23.7 Å². The van der Waals surface area contributed by atoms with Crippen LogP contribution >= 0.6 is 22.6 Å². The quantitative estimate of drug-likeness (QED) is 0.194. The van der Waals surface area contributed by atoms with E-state index in [1.165, 1.54) is 30.1 Å². The van der Waals surface area contributed by atoms with Gasteiger partial charge < -0.3 is 0 Å². The van der Waals surface area contributed by atoms with Crippen LogP contribution < -0.4 is 0 Å². The van der Waals surface area contributed by atoms with E-state index in [1.54, 1.807) is 0 Å². The highest BCUT2D eigenvalue weighted by molar-refractivity contribution is 14.1. The van der Waals surface area contributed by atoms with E-state index in [1.807, 2.05) is 12.2 Å². The molecule has 0 aliphatic carbocycles. The summed E-state index contributed by atoms with van der Waals surface area (Å²) in [5, 5.41) is 0. The summed E-state index contributed by atoms with van der Waals surface area (Å²) in [4.78, 5) is 0. The Kier molecular flexibility index (Phi) is 14.7. The van der Waals surface area contributed by atoms with Crippen LogP contribution in [-0.2, 0) is 0 Å². The molecule has 0 bridgehead atoms. The summed E-state index contributed by atoms with van der Waals surface area (Å²) in [5.41, 5.74) is 0. The van der Waals surface area contributed by atoms with Crippen LogP contribution in [0, 0.1) is 23.7 Å². The van der Waals surface area contributed by atoms with Crippen LogP contribution in [0.4, 0.5) is 0 Å². The second kappa shape index (κ2) is 15.3. The Balaban J connectivity index is 3.44. The number of alkyl halides is 1. The zero-order valence-electron chi connectivity index (χ0n) is 10.5. The van der Waals surface area contributed by atoms with Crippen LogP contribution in [0.2, 0.25) is 0 Å². The lowest BCUT2D eigenvalue weighted by molar-refractivity contribution is 0.687. The van der Waals surface area contributed by atoms with Crippen LogP contribution in [-0.4, -0.2) is 4.43 Å². The summed E-state index contributed by atoms with van der Waals surface area (Å²) >= 11 is 2.42. The summed E-state index contributed by atoms with van der Waals surface area (Å²) in [6.07, 6.45) is 14.0. The standard InChI is InChI=1S/C16H21I/c1-2-3-4-5-6-7-8-9-10-11-12-13-14-15-16-17/h2,5-6H,1,3-4,11-16H2/b6-5+. The second-order valence-electron chi connectivity index (χ2n) is 3.69. The first-order valence-corrected chi connectivity index (χ1v) is 7.74. The Bertz CT molecular complexity index is 317. The molecule has 0 aromatic rings. The first kappa shape index (κ1) is 16.3. The van der Waals surface area contributed by atoms with Gasteiger partial charge in [0.15, 0.2) is 0 Å². The van der Waals surface area contributed by atoms with Crippen molar-refractivity contribution in [2.75, 3.05) is 4.43 Å². The van der Waals surface area contributed by atoms with Crippen molar-refractivity contribution >= 4 is 22.6 Å². The van der Waals surface area contributed by atoms with Crippen LogP contribution in [0.1, 0.15) is 44.9 Å². The summed E-state index contributed by atoms with van der Waals surface area (Å²) in [6.45, 7) is 3.66. The van der Waals surface area contributed by atoms with Gasteiger partial charge in [-0.2, -0.15) is 0 Å². The van der Waals surface area contributed by atoms with Gasteiger partial charge in [-0.25, -0.2) is 0 Å². The van der Waals surface area contributed by atoms with Gasteiger partial charge in [0.05, 0.1) is 0 Å². The molecule has 17 heavy (non-hydrogen) atoms. The number of unbranched alkanes of at least 4 members (excludes halogenated alkanes) is 5. The lowest BCUT2D eigenvalue weighted by Gasteiger charge is -1.93. The van der Waals surface area contributed by atoms with Gasteiger partial charge in [-0.05, 0) is 48.0 Å². The number of allylic oxidation sites excluding steroid dienone is 3. The normalized spacial score (nSPS) is 9.24. The molecule has 0 fully saturated rings. The lowest BCUT2D eigenvalue weighted by atomic mass is 10.2. The van der Waals surface area contributed by atoms with E-state index in [0.29, 0.717) is 0 Å². The predicted molar refractivity (Wildman–Crippen MR) is 86.1 cm³/mol. The highest BCUT2D eigenvalue weighted by atomic mass is 127. The Morgan fingerprint density at radius 2 is 1.82 bits per heavy atom. The van der Waals surface area contributed by atoms with Crippen LogP contribution in [0.25, 0.3) is 0 Å². The maximum Gasteiger partial charge on any atom is 0.00989 e. The molecule has 92 valence electrons. The first-order valence-electron chi connectivity index (χ1n) is 6.22. The fraction of sp³-hybridized carbons (Fsp3) is 0.500. The van der Waals surface area contributed by atoms with Gasteiger partial charge in [0.1, 0.15) is 0 Å². The largest absolute Gasteiger partial charge is 0.103 e. The van der Waals surface area contributed by atoms with Crippen LogP contribution in [0.5, 0.6) is 0 Å². The first-order chi connectivity index (χ1) is 8.41. The van der Waals surface area contributed by atoms with E-state index in [9.17, 15) is 0 Å². The van der Waals surface area contributed by atoms with Crippen molar-refractivity contribution in [2.24, 2.45) is 0 Å². The smallest absolute Gasteiger partial charge is 0.00989 e. The monoisotopic (exact) mass is 340 g/mol. The molecule has 0 aromatic carbocycles. The van der Waals surface area contributed by atoms with Gasteiger partial charge in [-0.3, -0.25) is 0 Å². The third-order valence-corrected chi connectivity index (χ3v) is 2.91. The van der Waals surface area contributed by atoms with Crippen molar-refractivity contribution in [2.45, 2.75) is 44.9 Å². The minimum absolute atomic E-state index is 0.982. The molecule has 0 heterocycles. The third kappa shape index (κ3) is 15.3. The van der Waals surface area contributed by atoms with Crippen LogP contribution in [0.3, 0.4) is 0 Å². The molecule has 0 nitrogen and oxygen atoms in total. The predicted octanol–water partition coefficient (Wildman–Crippen LogP) is 4.90. The molecule has 0 aromatic heterocycles. The molecule has 0 unspecified atom stereocenters. The van der Waals surface area contributed by atoms with E-state index in [4.69, 9.17) is 0 Å². The van der Waals surface area contributed by atoms with Crippen molar-refractivity contribution in [3.05, 3.63) is 24.8 Å². The van der Waals surface area contributed by atoms with Crippen molar-refractivity contribution < 1.29 is 0 Å². The van der Waals surface area contributed by atoms with Gasteiger partial charge in [-0.1, -0.05) is 59.4 Å². The van der Waals surface area contributed by atoms with Crippen molar-refractivity contribution in [1.82, 2.24) is 0 Å². The number of rotatable bonds is 8. The molecule has 0 radical (unpaired) electrons. The zero-order valence-corrected chi connectivity index (χ0v) is 12.6. The Morgan fingerprint density at radius 1 is 1.00 bits per heavy atom. The highest BCUT2D eigenvalue weighted by Gasteiger charge is 1.85. The fourth-order valence-corrected chi connectivity index (χ4v) is 1.74. The topological polar surface area (TPSA) is 0 Å². The summed E-state index contributed by atoms with van der Waals surface area (Å²) in [6, 6.07) is 0. The summed E-state index contributed by atoms with van der Waals surface area (Å²) < 4.78 is 1.27. The maximum atomic E-state index is 3.66. The van der Waals surface area contributed by atoms with Crippen LogP contribution in [0.15, 0.2) is 24.8 Å². The van der Waals surface area contributed by atoms with Gasteiger partial charge in [0, 0.05) is 6.42 Å². The zero-order chi connectivity index (χ0) is 12.6. The fourth-order valence-electron chi connectivity index (χ4n) is 1.20. The van der Waals surface area contributed by atoms with Crippen molar-refractivity contribution in [1.29, 1.82) is 0 Å². The maximum absolute atomic E-state index is 3.66. The molecule has 0 saturated carbocycles. The third-order valence-electron chi connectivity index (χ3n) is 2.15.